The Balaban J connectivity index is 2.25. The van der Waals surface area contributed by atoms with Crippen LogP contribution in [0.15, 0.2) is 6.07 Å². The Hall–Kier alpha value is -1.27. The molecule has 0 aliphatic carbocycles. The van der Waals surface area contributed by atoms with E-state index < -0.39 is 0 Å². The van der Waals surface area contributed by atoms with Crippen LogP contribution in [0.25, 0.3) is 0 Å². The molecule has 0 aromatic carbocycles. The molecule has 1 aliphatic heterocycles. The molecule has 106 valence electrons. The second-order valence-electron chi connectivity index (χ2n) is 5.52. The highest BCUT2D eigenvalue weighted by Gasteiger charge is 2.32. The molecule has 2 rings (SSSR count). The van der Waals surface area contributed by atoms with Crippen LogP contribution < -0.4 is 16.0 Å². The predicted octanol–water partition coefficient (Wildman–Crippen LogP) is 1.69. The van der Waals surface area contributed by atoms with Crippen molar-refractivity contribution in [2.45, 2.75) is 32.5 Å². The van der Waals surface area contributed by atoms with Crippen LogP contribution in [0.4, 0.5) is 10.7 Å². The lowest BCUT2D eigenvalue weighted by molar-refractivity contribution is -0.0748. The Morgan fingerprint density at radius 1 is 1.63 bits per heavy atom. The molecule has 3 N–H and O–H groups in total. The molecule has 6 heteroatoms. The lowest BCUT2D eigenvalue weighted by Gasteiger charge is -2.42. The fraction of sp³-hybridized carbons (Fsp3) is 0.615. The van der Waals surface area contributed by atoms with Gasteiger partial charge in [0.1, 0.15) is 4.88 Å². The van der Waals surface area contributed by atoms with Gasteiger partial charge in [0.15, 0.2) is 0 Å². The van der Waals surface area contributed by atoms with Crippen molar-refractivity contribution in [1.82, 2.24) is 5.32 Å². The lowest BCUT2D eigenvalue weighted by Crippen LogP contribution is -2.51. The standard InChI is InChI=1S/C13H21N3O2S/c1-8-6-16(7-13(2,3)18-8)10-5-9(14)11(19-10)12(17)15-4/h5,8H,6-7,14H2,1-4H3,(H,15,17). The summed E-state index contributed by atoms with van der Waals surface area (Å²) in [4.78, 5) is 14.5. The first-order valence-corrected chi connectivity index (χ1v) is 7.18. The van der Waals surface area contributed by atoms with Gasteiger partial charge in [0.25, 0.3) is 5.91 Å². The van der Waals surface area contributed by atoms with Crippen molar-refractivity contribution in [2.75, 3.05) is 30.8 Å². The van der Waals surface area contributed by atoms with Crippen molar-refractivity contribution in [3.05, 3.63) is 10.9 Å². The Morgan fingerprint density at radius 3 is 2.89 bits per heavy atom. The smallest absolute Gasteiger partial charge is 0.263 e. The van der Waals surface area contributed by atoms with Gasteiger partial charge in [-0.1, -0.05) is 0 Å². The molecule has 1 fully saturated rings. The van der Waals surface area contributed by atoms with E-state index in [1.165, 1.54) is 11.3 Å². The molecule has 0 spiro atoms. The van der Waals surface area contributed by atoms with Crippen LogP contribution in [0, 0.1) is 0 Å². The molecule has 1 amide bonds. The molecule has 1 saturated heterocycles. The number of amides is 1. The van der Waals surface area contributed by atoms with Gasteiger partial charge in [-0.15, -0.1) is 11.3 Å². The van der Waals surface area contributed by atoms with Crippen molar-refractivity contribution in [2.24, 2.45) is 0 Å². The summed E-state index contributed by atoms with van der Waals surface area (Å²) >= 11 is 1.43. The van der Waals surface area contributed by atoms with Gasteiger partial charge in [-0.3, -0.25) is 4.79 Å². The van der Waals surface area contributed by atoms with E-state index in [4.69, 9.17) is 10.5 Å². The minimum atomic E-state index is -0.191. The average molecular weight is 283 g/mol. The molecule has 1 aromatic rings. The van der Waals surface area contributed by atoms with Crippen molar-refractivity contribution >= 4 is 27.9 Å². The molecule has 0 bridgehead atoms. The van der Waals surface area contributed by atoms with Crippen molar-refractivity contribution < 1.29 is 9.53 Å². The first-order chi connectivity index (χ1) is 8.82. The maximum absolute atomic E-state index is 11.7. The quantitative estimate of drug-likeness (QED) is 0.867. The van der Waals surface area contributed by atoms with E-state index in [1.807, 2.05) is 6.07 Å². The van der Waals surface area contributed by atoms with E-state index in [2.05, 4.69) is 31.0 Å². The van der Waals surface area contributed by atoms with Crippen LogP contribution in [0.1, 0.15) is 30.4 Å². The minimum absolute atomic E-state index is 0.130. The van der Waals surface area contributed by atoms with E-state index in [9.17, 15) is 4.79 Å². The molecule has 1 aliphatic rings. The third kappa shape index (κ3) is 3.01. The normalized spacial score (nSPS) is 22.3. The SMILES string of the molecule is CNC(=O)c1sc(N2CC(C)OC(C)(C)C2)cc1N. The fourth-order valence-electron chi connectivity index (χ4n) is 2.46. The number of carbonyl (C=O) groups excluding carboxylic acids is 1. The minimum Gasteiger partial charge on any atom is -0.397 e. The summed E-state index contributed by atoms with van der Waals surface area (Å²) in [5.41, 5.74) is 6.27. The number of ether oxygens (including phenoxy) is 1. The van der Waals surface area contributed by atoms with Gasteiger partial charge in [0.05, 0.1) is 22.4 Å². The van der Waals surface area contributed by atoms with Gasteiger partial charge in [0.2, 0.25) is 0 Å². The topological polar surface area (TPSA) is 67.6 Å². The second kappa shape index (κ2) is 5.02. The summed E-state index contributed by atoms with van der Waals surface area (Å²) in [6.45, 7) is 7.82. The predicted molar refractivity (Wildman–Crippen MR) is 79.0 cm³/mol. The van der Waals surface area contributed by atoms with Crippen LogP contribution in [0.5, 0.6) is 0 Å². The van der Waals surface area contributed by atoms with Gasteiger partial charge < -0.3 is 20.7 Å². The summed E-state index contributed by atoms with van der Waals surface area (Å²) in [6.07, 6.45) is 0.163. The van der Waals surface area contributed by atoms with Gasteiger partial charge in [0, 0.05) is 20.1 Å². The van der Waals surface area contributed by atoms with Crippen LogP contribution in [0.3, 0.4) is 0 Å². The van der Waals surface area contributed by atoms with E-state index in [-0.39, 0.29) is 17.6 Å². The zero-order chi connectivity index (χ0) is 14.2. The summed E-state index contributed by atoms with van der Waals surface area (Å²) in [5, 5.41) is 3.64. The molecular weight excluding hydrogens is 262 g/mol. The second-order valence-corrected chi connectivity index (χ2v) is 6.55. The number of hydrogen-bond donors (Lipinski definition) is 2. The third-order valence-corrected chi connectivity index (χ3v) is 4.27. The number of nitrogens with zero attached hydrogens (tertiary/aromatic N) is 1. The van der Waals surface area contributed by atoms with Crippen LogP contribution in [-0.2, 0) is 4.74 Å². The Labute approximate surface area is 117 Å². The van der Waals surface area contributed by atoms with E-state index in [1.54, 1.807) is 7.05 Å². The summed E-state index contributed by atoms with van der Waals surface area (Å²) in [7, 11) is 1.61. The number of hydrogen-bond acceptors (Lipinski definition) is 5. The van der Waals surface area contributed by atoms with Gasteiger partial charge in [-0.2, -0.15) is 0 Å². The van der Waals surface area contributed by atoms with Gasteiger partial charge in [-0.25, -0.2) is 0 Å². The summed E-state index contributed by atoms with van der Waals surface area (Å²) < 4.78 is 5.88. The first-order valence-electron chi connectivity index (χ1n) is 6.36. The molecule has 1 unspecified atom stereocenters. The monoisotopic (exact) mass is 283 g/mol. The van der Waals surface area contributed by atoms with Crippen LogP contribution in [-0.4, -0.2) is 37.7 Å². The molecule has 19 heavy (non-hydrogen) atoms. The highest BCUT2D eigenvalue weighted by molar-refractivity contribution is 7.18. The average Bonchev–Trinajstić information content (AvgIpc) is 2.68. The molecule has 1 aromatic heterocycles. The largest absolute Gasteiger partial charge is 0.397 e. The Bertz CT molecular complexity index is 484. The number of nitrogen functional groups attached to an aromatic ring is 1. The van der Waals surface area contributed by atoms with Crippen molar-refractivity contribution in [1.29, 1.82) is 0 Å². The Morgan fingerprint density at radius 2 is 2.32 bits per heavy atom. The zero-order valence-corrected chi connectivity index (χ0v) is 12.6. The molecule has 5 nitrogen and oxygen atoms in total. The molecule has 1 atom stereocenters. The van der Waals surface area contributed by atoms with E-state index in [0.29, 0.717) is 10.6 Å². The van der Waals surface area contributed by atoms with Crippen molar-refractivity contribution in [3.8, 4) is 0 Å². The number of anilines is 2. The number of thiophene rings is 1. The van der Waals surface area contributed by atoms with Crippen LogP contribution >= 0.6 is 11.3 Å². The van der Waals surface area contributed by atoms with E-state index >= 15 is 0 Å². The number of nitrogens with two attached hydrogens (primary N) is 1. The highest BCUT2D eigenvalue weighted by Crippen LogP contribution is 2.35. The zero-order valence-electron chi connectivity index (χ0n) is 11.8. The molecule has 2 heterocycles. The maximum Gasteiger partial charge on any atom is 0.263 e. The van der Waals surface area contributed by atoms with Gasteiger partial charge >= 0.3 is 0 Å². The lowest BCUT2D eigenvalue weighted by atomic mass is 10.1. The molecular formula is C13H21N3O2S. The molecule has 0 saturated carbocycles. The van der Waals surface area contributed by atoms with Gasteiger partial charge in [-0.05, 0) is 26.8 Å². The van der Waals surface area contributed by atoms with Crippen molar-refractivity contribution in [3.63, 3.8) is 0 Å². The van der Waals surface area contributed by atoms with Crippen LogP contribution in [0.2, 0.25) is 0 Å². The first kappa shape index (κ1) is 14.1. The fourth-order valence-corrected chi connectivity index (χ4v) is 3.49. The summed E-state index contributed by atoms with van der Waals surface area (Å²) in [5.74, 6) is -0.130. The third-order valence-electron chi connectivity index (χ3n) is 3.06. The highest BCUT2D eigenvalue weighted by atomic mass is 32.1. The maximum atomic E-state index is 11.7. The Kier molecular flexibility index (Phi) is 3.73. The molecule has 0 radical (unpaired) electrons. The number of rotatable bonds is 2. The van der Waals surface area contributed by atoms with E-state index in [0.717, 1.165) is 18.1 Å². The number of morpholine rings is 1. The number of carbonyl (C=O) groups is 1. The summed E-state index contributed by atoms with van der Waals surface area (Å²) in [6, 6.07) is 1.88. The number of nitrogens with one attached hydrogen (secondary N) is 1.